The van der Waals surface area contributed by atoms with Gasteiger partial charge in [0.15, 0.2) is 5.65 Å². The second-order valence-corrected chi connectivity index (χ2v) is 8.75. The summed E-state index contributed by atoms with van der Waals surface area (Å²) >= 11 is 12.7. The average molecular weight is 487 g/mol. The van der Waals surface area contributed by atoms with Crippen LogP contribution in [0.2, 0.25) is 10.0 Å². The highest BCUT2D eigenvalue weighted by Crippen LogP contribution is 2.36. The van der Waals surface area contributed by atoms with Gasteiger partial charge in [0.25, 0.3) is 5.91 Å². The Morgan fingerprint density at radius 2 is 1.59 bits per heavy atom. The first-order chi connectivity index (χ1) is 16.5. The van der Waals surface area contributed by atoms with E-state index in [1.54, 1.807) is 16.9 Å². The molecule has 5 aromatic rings. The summed E-state index contributed by atoms with van der Waals surface area (Å²) < 4.78 is 1.68. The zero-order valence-corrected chi connectivity index (χ0v) is 19.8. The molecule has 0 radical (unpaired) electrons. The van der Waals surface area contributed by atoms with E-state index in [-0.39, 0.29) is 11.9 Å². The fourth-order valence-electron chi connectivity index (χ4n) is 3.95. The topological polar surface area (TPSA) is 59.3 Å². The number of benzene rings is 3. The van der Waals surface area contributed by atoms with E-state index in [4.69, 9.17) is 23.2 Å². The summed E-state index contributed by atoms with van der Waals surface area (Å²) in [6.07, 6.45) is 3.28. The van der Waals surface area contributed by atoms with Gasteiger partial charge in [-0.2, -0.15) is 5.10 Å². The number of aromatic nitrogens is 3. The van der Waals surface area contributed by atoms with E-state index in [2.05, 4.69) is 15.4 Å². The Morgan fingerprint density at radius 1 is 0.882 bits per heavy atom. The van der Waals surface area contributed by atoms with Crippen molar-refractivity contribution in [2.75, 3.05) is 0 Å². The predicted octanol–water partition coefficient (Wildman–Crippen LogP) is 6.86. The molecule has 5 nitrogen and oxygen atoms in total. The molecular weight excluding hydrogens is 467 g/mol. The molecular formula is C27H20Cl2N4O. The van der Waals surface area contributed by atoms with Crippen LogP contribution in [0.3, 0.4) is 0 Å². The van der Waals surface area contributed by atoms with E-state index in [1.165, 1.54) is 0 Å². The summed E-state index contributed by atoms with van der Waals surface area (Å²) in [6, 6.07) is 24.7. The molecule has 7 heteroatoms. The maximum absolute atomic E-state index is 13.2. The van der Waals surface area contributed by atoms with Crippen LogP contribution in [-0.2, 0) is 0 Å². The van der Waals surface area contributed by atoms with Crippen molar-refractivity contribution < 1.29 is 4.79 Å². The summed E-state index contributed by atoms with van der Waals surface area (Å²) in [5, 5.41) is 8.82. The number of halogens is 2. The molecule has 0 aliphatic heterocycles. The van der Waals surface area contributed by atoms with Gasteiger partial charge in [-0.3, -0.25) is 4.79 Å². The molecule has 2 heterocycles. The fraction of sp³-hybridized carbons (Fsp3) is 0.0741. The van der Waals surface area contributed by atoms with E-state index in [0.29, 0.717) is 21.3 Å². The van der Waals surface area contributed by atoms with Crippen molar-refractivity contribution in [3.05, 3.63) is 112 Å². The van der Waals surface area contributed by atoms with Crippen LogP contribution in [0.1, 0.15) is 28.9 Å². The number of rotatable bonds is 5. The molecule has 34 heavy (non-hydrogen) atoms. The average Bonchev–Trinajstić information content (AvgIpc) is 3.29. The van der Waals surface area contributed by atoms with Gasteiger partial charge in [0.1, 0.15) is 5.56 Å². The van der Waals surface area contributed by atoms with Crippen molar-refractivity contribution in [3.8, 4) is 22.4 Å². The largest absolute Gasteiger partial charge is 0.345 e. The first-order valence-electron chi connectivity index (χ1n) is 10.8. The summed E-state index contributed by atoms with van der Waals surface area (Å²) in [5.41, 5.74) is 5.13. The minimum Gasteiger partial charge on any atom is -0.345 e. The van der Waals surface area contributed by atoms with Crippen LogP contribution in [0.4, 0.5) is 0 Å². The fourth-order valence-corrected chi connectivity index (χ4v) is 4.32. The van der Waals surface area contributed by atoms with E-state index in [9.17, 15) is 4.79 Å². The highest BCUT2D eigenvalue weighted by Gasteiger charge is 2.21. The lowest BCUT2D eigenvalue weighted by molar-refractivity contribution is 0.0941. The molecule has 0 fully saturated rings. The second-order valence-electron chi connectivity index (χ2n) is 7.91. The van der Waals surface area contributed by atoms with E-state index in [1.807, 2.05) is 85.8 Å². The van der Waals surface area contributed by atoms with Crippen LogP contribution in [-0.4, -0.2) is 20.5 Å². The molecule has 1 atom stereocenters. The second kappa shape index (κ2) is 9.29. The smallest absolute Gasteiger partial charge is 0.257 e. The van der Waals surface area contributed by atoms with E-state index >= 15 is 0 Å². The molecule has 0 saturated heterocycles. The monoisotopic (exact) mass is 486 g/mol. The first-order valence-corrected chi connectivity index (χ1v) is 11.5. The van der Waals surface area contributed by atoms with Gasteiger partial charge in [0, 0.05) is 32.9 Å². The molecule has 1 N–H and O–H groups in total. The van der Waals surface area contributed by atoms with Gasteiger partial charge in [0.2, 0.25) is 0 Å². The number of amides is 1. The third kappa shape index (κ3) is 4.16. The Labute approximate surface area is 207 Å². The number of carbonyl (C=O) groups is 1. The van der Waals surface area contributed by atoms with Crippen LogP contribution in [0.5, 0.6) is 0 Å². The summed E-state index contributed by atoms with van der Waals surface area (Å²) in [4.78, 5) is 17.8. The van der Waals surface area contributed by atoms with Gasteiger partial charge in [-0.1, -0.05) is 83.9 Å². The number of hydrogen-bond acceptors (Lipinski definition) is 3. The third-order valence-electron chi connectivity index (χ3n) is 5.70. The number of nitrogens with zero attached hydrogens (tertiary/aromatic N) is 3. The molecule has 0 aliphatic carbocycles. The molecule has 0 saturated carbocycles. The molecule has 168 valence electrons. The van der Waals surface area contributed by atoms with Crippen molar-refractivity contribution in [1.29, 1.82) is 0 Å². The molecule has 1 amide bonds. The van der Waals surface area contributed by atoms with Crippen LogP contribution in [0, 0.1) is 0 Å². The quantitative estimate of drug-likeness (QED) is 0.295. The Hall–Kier alpha value is -3.67. The normalized spacial score (nSPS) is 12.0. The van der Waals surface area contributed by atoms with Crippen molar-refractivity contribution in [2.45, 2.75) is 13.0 Å². The SMILES string of the molecule is CC(NC(=O)c1cnn2c(-c3ccc(Cl)cc3)c(-c3ccccc3Cl)cnc12)c1ccccc1. The van der Waals surface area contributed by atoms with E-state index < -0.39 is 0 Å². The Bertz CT molecular complexity index is 1480. The number of nitrogens with one attached hydrogen (secondary N) is 1. The first kappa shape index (κ1) is 22.1. The molecule has 0 aliphatic rings. The van der Waals surface area contributed by atoms with Gasteiger partial charge < -0.3 is 5.32 Å². The van der Waals surface area contributed by atoms with Gasteiger partial charge in [-0.05, 0) is 30.7 Å². The zero-order chi connectivity index (χ0) is 23.7. The van der Waals surface area contributed by atoms with Crippen LogP contribution in [0.15, 0.2) is 91.3 Å². The highest BCUT2D eigenvalue weighted by atomic mass is 35.5. The van der Waals surface area contributed by atoms with Gasteiger partial charge >= 0.3 is 0 Å². The Balaban J connectivity index is 1.63. The van der Waals surface area contributed by atoms with Crippen molar-refractivity contribution >= 4 is 34.8 Å². The highest BCUT2D eigenvalue weighted by molar-refractivity contribution is 6.33. The standard InChI is InChI=1S/C27H20Cl2N4O/c1-17(18-7-3-2-4-8-18)32-27(34)23-16-31-33-25(19-11-13-20(28)14-12-19)22(15-30-26(23)33)21-9-5-6-10-24(21)29/h2-17H,1H3,(H,32,34). The molecule has 3 aromatic carbocycles. The molecule has 1 unspecified atom stereocenters. The molecule has 0 bridgehead atoms. The number of carbonyl (C=O) groups excluding carboxylic acids is 1. The Kier molecular flexibility index (Phi) is 6.05. The maximum atomic E-state index is 13.2. The van der Waals surface area contributed by atoms with Crippen molar-refractivity contribution in [2.24, 2.45) is 0 Å². The maximum Gasteiger partial charge on any atom is 0.257 e. The Morgan fingerprint density at radius 3 is 2.32 bits per heavy atom. The van der Waals surface area contributed by atoms with Crippen LogP contribution < -0.4 is 5.32 Å². The lowest BCUT2D eigenvalue weighted by Crippen LogP contribution is -2.26. The third-order valence-corrected chi connectivity index (χ3v) is 6.28. The lowest BCUT2D eigenvalue weighted by Gasteiger charge is -2.15. The number of hydrogen-bond donors (Lipinski definition) is 1. The summed E-state index contributed by atoms with van der Waals surface area (Å²) in [6.45, 7) is 1.95. The van der Waals surface area contributed by atoms with Crippen molar-refractivity contribution in [3.63, 3.8) is 0 Å². The molecule has 0 spiro atoms. The van der Waals surface area contributed by atoms with E-state index in [0.717, 1.165) is 27.9 Å². The van der Waals surface area contributed by atoms with Crippen LogP contribution >= 0.6 is 23.2 Å². The lowest BCUT2D eigenvalue weighted by atomic mass is 10.0. The van der Waals surface area contributed by atoms with Gasteiger partial charge in [-0.15, -0.1) is 0 Å². The van der Waals surface area contributed by atoms with Gasteiger partial charge in [-0.25, -0.2) is 9.50 Å². The number of fused-ring (bicyclic) bond motifs is 1. The minimum absolute atomic E-state index is 0.165. The molecule has 2 aromatic heterocycles. The van der Waals surface area contributed by atoms with Crippen LogP contribution in [0.25, 0.3) is 28.0 Å². The predicted molar refractivity (Wildman–Crippen MR) is 136 cm³/mol. The van der Waals surface area contributed by atoms with Crippen molar-refractivity contribution in [1.82, 2.24) is 19.9 Å². The van der Waals surface area contributed by atoms with Gasteiger partial charge in [0.05, 0.1) is 17.9 Å². The molecule has 5 rings (SSSR count). The summed E-state index contributed by atoms with van der Waals surface area (Å²) in [5.74, 6) is -0.244. The minimum atomic E-state index is -0.244. The summed E-state index contributed by atoms with van der Waals surface area (Å²) in [7, 11) is 0. The zero-order valence-electron chi connectivity index (χ0n) is 18.2.